The van der Waals surface area contributed by atoms with Crippen LogP contribution in [0.3, 0.4) is 0 Å². The molecule has 0 unspecified atom stereocenters. The van der Waals surface area contributed by atoms with Crippen LogP contribution in [0.4, 0.5) is 13.2 Å². The summed E-state index contributed by atoms with van der Waals surface area (Å²) in [5, 5.41) is 12.4. The normalized spacial score (nSPS) is 30.9. The molecule has 2 aromatic carbocycles. The first-order chi connectivity index (χ1) is 18.6. The number of carbonyl (C=O) groups is 1. The molecule has 1 spiro atoms. The number of aliphatic hydroxyl groups is 1. The van der Waals surface area contributed by atoms with E-state index in [4.69, 9.17) is 4.74 Å². The Morgan fingerprint density at radius 3 is 2.85 bits per heavy atom. The fourth-order valence-corrected chi connectivity index (χ4v) is 7.62. The lowest BCUT2D eigenvalue weighted by Crippen LogP contribution is -2.78. The predicted octanol–water partition coefficient (Wildman–Crippen LogP) is 4.47. The van der Waals surface area contributed by atoms with E-state index in [9.17, 15) is 23.1 Å². The Morgan fingerprint density at radius 1 is 1.28 bits per heavy atom. The van der Waals surface area contributed by atoms with E-state index in [1.165, 1.54) is 35.9 Å². The number of nitrogens with zero attached hydrogens (tertiary/aromatic N) is 2. The lowest BCUT2D eigenvalue weighted by molar-refractivity contribution is -0.274. The third kappa shape index (κ3) is 3.97. The first-order valence-electron chi connectivity index (χ1n) is 13.2. The van der Waals surface area contributed by atoms with Crippen LogP contribution in [-0.4, -0.2) is 71.1 Å². The molecular formula is C30H31F3N2O4. The third-order valence-electron chi connectivity index (χ3n) is 9.16. The molecule has 2 heterocycles. The standard InChI is InChI=1S/C30H31F3N2O4/c1-3-15-35-16-14-28-26-20-7-5-9-23(26)38-27(28)22(12-13-29(28,37)24(35)18-20)34(2)25(36)11-10-19-6-4-8-21(17-19)39-30(31,32)33/h3-11,17,22,24,27,37H,1,12-16,18H2,2H3/t22-,24-,27+,28+,29-/m1/s1. The minimum atomic E-state index is -4.79. The van der Waals surface area contributed by atoms with E-state index in [0.29, 0.717) is 31.4 Å². The van der Waals surface area contributed by atoms with Crippen molar-refractivity contribution >= 4 is 12.0 Å². The Hall–Kier alpha value is -3.30. The third-order valence-corrected chi connectivity index (χ3v) is 9.16. The average molecular weight is 541 g/mol. The van der Waals surface area contributed by atoms with Gasteiger partial charge in [-0.05, 0) is 67.6 Å². The van der Waals surface area contributed by atoms with Crippen molar-refractivity contribution in [3.63, 3.8) is 0 Å². The van der Waals surface area contributed by atoms with Gasteiger partial charge in [-0.3, -0.25) is 9.69 Å². The number of likely N-dealkylation sites (tertiary alicyclic amines) is 1. The maximum Gasteiger partial charge on any atom is 0.573 e. The highest BCUT2D eigenvalue weighted by Crippen LogP contribution is 2.64. The number of alkyl halides is 3. The topological polar surface area (TPSA) is 62.2 Å². The van der Waals surface area contributed by atoms with E-state index in [-0.39, 0.29) is 23.7 Å². The minimum Gasteiger partial charge on any atom is -0.487 e. The van der Waals surface area contributed by atoms with Crippen molar-refractivity contribution < 1.29 is 32.5 Å². The number of ether oxygens (including phenoxy) is 2. The van der Waals surface area contributed by atoms with E-state index >= 15 is 0 Å². The number of likely N-dealkylation sites (N-methyl/N-ethyl adjacent to an activating group) is 1. The van der Waals surface area contributed by atoms with Crippen LogP contribution in [0.15, 0.2) is 61.2 Å². The van der Waals surface area contributed by atoms with Crippen LogP contribution in [0.2, 0.25) is 0 Å². The molecule has 206 valence electrons. The zero-order valence-corrected chi connectivity index (χ0v) is 21.7. The summed E-state index contributed by atoms with van der Waals surface area (Å²) in [6.45, 7) is 5.41. The highest BCUT2D eigenvalue weighted by Gasteiger charge is 2.72. The SMILES string of the molecule is C=CCN1CC[C@]23c4c5cccc4O[C@H]2[C@H](N(C)C(=O)C=Cc2cccc(OC(F)(F)F)c2)CC[C@@]3(O)[C@H]1C5. The van der Waals surface area contributed by atoms with Crippen molar-refractivity contribution in [2.75, 3.05) is 20.1 Å². The molecule has 2 aromatic rings. The van der Waals surface area contributed by atoms with Gasteiger partial charge in [0.25, 0.3) is 0 Å². The Bertz CT molecular complexity index is 1340. The molecular weight excluding hydrogens is 509 g/mol. The molecule has 2 aliphatic heterocycles. The van der Waals surface area contributed by atoms with Gasteiger partial charge in [-0.25, -0.2) is 0 Å². The van der Waals surface area contributed by atoms with Gasteiger partial charge in [-0.1, -0.05) is 30.3 Å². The molecule has 2 bridgehead atoms. The van der Waals surface area contributed by atoms with Gasteiger partial charge in [-0.2, -0.15) is 0 Å². The predicted molar refractivity (Wildman–Crippen MR) is 139 cm³/mol. The second-order valence-corrected chi connectivity index (χ2v) is 11.0. The zero-order valence-electron chi connectivity index (χ0n) is 21.7. The molecule has 9 heteroatoms. The van der Waals surface area contributed by atoms with Gasteiger partial charge in [-0.15, -0.1) is 19.8 Å². The second-order valence-electron chi connectivity index (χ2n) is 11.0. The quantitative estimate of drug-likeness (QED) is 0.433. The summed E-state index contributed by atoms with van der Waals surface area (Å²) in [5.74, 6) is 0.148. The lowest BCUT2D eigenvalue weighted by atomic mass is 9.48. The maximum atomic E-state index is 13.3. The van der Waals surface area contributed by atoms with Crippen LogP contribution in [-0.2, 0) is 16.6 Å². The first-order valence-corrected chi connectivity index (χ1v) is 13.2. The molecule has 0 aromatic heterocycles. The van der Waals surface area contributed by atoms with Gasteiger partial charge in [0.05, 0.1) is 17.1 Å². The van der Waals surface area contributed by atoms with Crippen LogP contribution in [0.1, 0.15) is 36.0 Å². The Labute approximate surface area is 225 Å². The van der Waals surface area contributed by atoms with E-state index in [2.05, 4.69) is 22.3 Å². The van der Waals surface area contributed by atoms with E-state index < -0.39 is 23.5 Å². The maximum absolute atomic E-state index is 13.3. The van der Waals surface area contributed by atoms with Crippen molar-refractivity contribution in [1.82, 2.24) is 9.80 Å². The number of benzene rings is 2. The smallest absolute Gasteiger partial charge is 0.487 e. The summed E-state index contributed by atoms with van der Waals surface area (Å²) in [5.41, 5.74) is 1.08. The molecule has 2 fully saturated rings. The summed E-state index contributed by atoms with van der Waals surface area (Å²) >= 11 is 0. The fourth-order valence-electron chi connectivity index (χ4n) is 7.62. The number of hydrogen-bond donors (Lipinski definition) is 1. The molecule has 1 N–H and O–H groups in total. The molecule has 6 rings (SSSR count). The highest BCUT2D eigenvalue weighted by atomic mass is 19.4. The van der Waals surface area contributed by atoms with Crippen LogP contribution in [0, 0.1) is 0 Å². The Kier molecular flexibility index (Phi) is 6.07. The number of hydrogen-bond acceptors (Lipinski definition) is 5. The molecule has 2 aliphatic carbocycles. The van der Waals surface area contributed by atoms with Gasteiger partial charge >= 0.3 is 6.36 Å². The molecule has 1 saturated heterocycles. The van der Waals surface area contributed by atoms with Crippen molar-refractivity contribution in [2.24, 2.45) is 0 Å². The summed E-state index contributed by atoms with van der Waals surface area (Å²) in [4.78, 5) is 17.3. The monoisotopic (exact) mass is 540 g/mol. The zero-order chi connectivity index (χ0) is 27.6. The van der Waals surface area contributed by atoms with Crippen LogP contribution < -0.4 is 9.47 Å². The number of carbonyl (C=O) groups excluding carboxylic acids is 1. The van der Waals surface area contributed by atoms with Gasteiger partial charge in [0.15, 0.2) is 0 Å². The number of rotatable bonds is 6. The highest BCUT2D eigenvalue weighted by molar-refractivity contribution is 5.92. The summed E-state index contributed by atoms with van der Waals surface area (Å²) in [6.07, 6.45) is 2.06. The molecule has 1 saturated carbocycles. The van der Waals surface area contributed by atoms with E-state index in [1.807, 2.05) is 18.2 Å². The van der Waals surface area contributed by atoms with Gasteiger partial charge in [0.1, 0.15) is 17.6 Å². The molecule has 0 radical (unpaired) electrons. The van der Waals surface area contributed by atoms with E-state index in [0.717, 1.165) is 24.3 Å². The lowest BCUT2D eigenvalue weighted by Gasteiger charge is -2.64. The van der Waals surface area contributed by atoms with Gasteiger partial charge in [0.2, 0.25) is 5.91 Å². The minimum absolute atomic E-state index is 0.0655. The van der Waals surface area contributed by atoms with Crippen molar-refractivity contribution in [2.45, 2.75) is 61.2 Å². The summed E-state index contributed by atoms with van der Waals surface area (Å²) in [7, 11) is 1.72. The van der Waals surface area contributed by atoms with Gasteiger partial charge in [0, 0.05) is 31.3 Å². The van der Waals surface area contributed by atoms with Crippen molar-refractivity contribution in [3.8, 4) is 11.5 Å². The number of amides is 1. The molecule has 39 heavy (non-hydrogen) atoms. The van der Waals surface area contributed by atoms with Crippen LogP contribution in [0.25, 0.3) is 6.08 Å². The fraction of sp³-hybridized carbons (Fsp3) is 0.433. The Balaban J connectivity index is 1.29. The Morgan fingerprint density at radius 2 is 2.08 bits per heavy atom. The average Bonchev–Trinajstić information content (AvgIpc) is 3.22. The van der Waals surface area contributed by atoms with Crippen LogP contribution >= 0.6 is 0 Å². The molecule has 6 nitrogen and oxygen atoms in total. The first kappa shape index (κ1) is 26.0. The molecule has 1 amide bonds. The van der Waals surface area contributed by atoms with E-state index in [1.54, 1.807) is 18.0 Å². The summed E-state index contributed by atoms with van der Waals surface area (Å²) in [6, 6.07) is 11.2. The second kappa shape index (κ2) is 9.13. The van der Waals surface area contributed by atoms with Gasteiger partial charge < -0.3 is 19.5 Å². The van der Waals surface area contributed by atoms with Crippen molar-refractivity contribution in [1.29, 1.82) is 0 Å². The number of halogens is 3. The summed E-state index contributed by atoms with van der Waals surface area (Å²) < 4.78 is 48.4. The number of piperidine rings is 1. The van der Waals surface area contributed by atoms with Crippen molar-refractivity contribution in [3.05, 3.63) is 77.9 Å². The molecule has 4 aliphatic rings. The molecule has 5 atom stereocenters. The largest absolute Gasteiger partial charge is 0.573 e. The van der Waals surface area contributed by atoms with Crippen LogP contribution in [0.5, 0.6) is 11.5 Å².